The fourth-order valence-corrected chi connectivity index (χ4v) is 3.67. The SMILES string of the molecule is COc1cccc(NC(=O)C[NH+](C)Cc2csc(Nc3ccc(C)c(C)c3)n2)c1. The smallest absolute Gasteiger partial charge is 0.279 e. The zero-order valence-corrected chi connectivity index (χ0v) is 18.0. The molecule has 1 atom stereocenters. The maximum Gasteiger partial charge on any atom is 0.279 e. The van der Waals surface area contributed by atoms with Gasteiger partial charge < -0.3 is 20.3 Å². The Kier molecular flexibility index (Phi) is 6.85. The van der Waals surface area contributed by atoms with Gasteiger partial charge >= 0.3 is 0 Å². The van der Waals surface area contributed by atoms with Crippen LogP contribution in [0.4, 0.5) is 16.5 Å². The number of aromatic nitrogens is 1. The van der Waals surface area contributed by atoms with Crippen LogP contribution in [0.1, 0.15) is 16.8 Å². The number of thiazole rings is 1. The summed E-state index contributed by atoms with van der Waals surface area (Å²) < 4.78 is 5.18. The molecular weight excluding hydrogens is 384 g/mol. The molecule has 152 valence electrons. The Hall–Kier alpha value is -2.90. The summed E-state index contributed by atoms with van der Waals surface area (Å²) in [5.74, 6) is 0.675. The number of carbonyl (C=O) groups excluding carboxylic acids is 1. The number of anilines is 3. The first-order valence-corrected chi connectivity index (χ1v) is 10.3. The Labute approximate surface area is 175 Å². The number of likely N-dealkylation sites (N-methyl/N-ethyl adjacent to an activating group) is 1. The van der Waals surface area contributed by atoms with Crippen molar-refractivity contribution in [2.24, 2.45) is 0 Å². The molecule has 1 amide bonds. The molecule has 0 aliphatic carbocycles. The Balaban J connectivity index is 1.52. The third kappa shape index (κ3) is 6.04. The fraction of sp³-hybridized carbons (Fsp3) is 0.273. The van der Waals surface area contributed by atoms with E-state index < -0.39 is 0 Å². The molecule has 0 spiro atoms. The minimum atomic E-state index is -0.0422. The molecule has 0 aliphatic rings. The number of nitrogens with one attached hydrogen (secondary N) is 3. The maximum absolute atomic E-state index is 12.3. The molecule has 1 aromatic heterocycles. The lowest BCUT2D eigenvalue weighted by Crippen LogP contribution is -3.08. The van der Waals surface area contributed by atoms with E-state index in [4.69, 9.17) is 4.74 Å². The van der Waals surface area contributed by atoms with Gasteiger partial charge in [-0.2, -0.15) is 0 Å². The van der Waals surface area contributed by atoms with E-state index in [1.54, 1.807) is 24.5 Å². The van der Waals surface area contributed by atoms with E-state index in [0.29, 0.717) is 13.1 Å². The molecule has 0 saturated carbocycles. The van der Waals surface area contributed by atoms with Crippen molar-refractivity contribution in [2.75, 3.05) is 31.3 Å². The topological polar surface area (TPSA) is 67.7 Å². The third-order valence-corrected chi connectivity index (χ3v) is 5.42. The molecule has 2 aromatic carbocycles. The van der Waals surface area contributed by atoms with Crippen molar-refractivity contribution in [3.05, 3.63) is 64.7 Å². The lowest BCUT2D eigenvalue weighted by molar-refractivity contribution is -0.885. The number of carbonyl (C=O) groups is 1. The van der Waals surface area contributed by atoms with Gasteiger partial charge in [-0.25, -0.2) is 4.98 Å². The molecule has 6 nitrogen and oxygen atoms in total. The third-order valence-electron chi connectivity index (χ3n) is 4.61. The highest BCUT2D eigenvalue weighted by Gasteiger charge is 2.13. The molecule has 0 aliphatic heterocycles. The number of aryl methyl sites for hydroxylation is 2. The average Bonchev–Trinajstić information content (AvgIpc) is 3.11. The zero-order chi connectivity index (χ0) is 20.8. The van der Waals surface area contributed by atoms with E-state index in [0.717, 1.165) is 32.8 Å². The monoisotopic (exact) mass is 411 g/mol. The molecule has 3 aromatic rings. The summed E-state index contributed by atoms with van der Waals surface area (Å²) in [5, 5.41) is 9.16. The average molecular weight is 412 g/mol. The fourth-order valence-electron chi connectivity index (χ4n) is 2.94. The second-order valence-electron chi connectivity index (χ2n) is 7.16. The minimum Gasteiger partial charge on any atom is -0.497 e. The first kappa shape index (κ1) is 20.8. The number of rotatable bonds is 8. The number of hydrogen-bond acceptors (Lipinski definition) is 5. The van der Waals surface area contributed by atoms with Gasteiger partial charge in [0.05, 0.1) is 14.2 Å². The normalized spacial score (nSPS) is 11.7. The number of hydrogen-bond donors (Lipinski definition) is 3. The largest absolute Gasteiger partial charge is 0.497 e. The minimum absolute atomic E-state index is 0.0422. The first-order chi connectivity index (χ1) is 13.9. The van der Waals surface area contributed by atoms with Gasteiger partial charge in [-0.3, -0.25) is 4.79 Å². The number of quaternary nitrogens is 1. The van der Waals surface area contributed by atoms with Crippen LogP contribution in [0.25, 0.3) is 0 Å². The summed E-state index contributed by atoms with van der Waals surface area (Å²) in [7, 11) is 3.59. The summed E-state index contributed by atoms with van der Waals surface area (Å²) in [6.07, 6.45) is 0. The number of benzene rings is 2. The molecule has 7 heteroatoms. The highest BCUT2D eigenvalue weighted by Crippen LogP contribution is 2.22. The van der Waals surface area contributed by atoms with Gasteiger partial charge in [0.1, 0.15) is 18.0 Å². The Morgan fingerprint density at radius 2 is 1.97 bits per heavy atom. The van der Waals surface area contributed by atoms with Gasteiger partial charge in [0.15, 0.2) is 11.7 Å². The second-order valence-corrected chi connectivity index (χ2v) is 8.02. The van der Waals surface area contributed by atoms with Crippen LogP contribution in [0.5, 0.6) is 5.75 Å². The van der Waals surface area contributed by atoms with Crippen LogP contribution in [0.2, 0.25) is 0 Å². The Bertz CT molecular complexity index is 986. The molecule has 3 rings (SSSR count). The number of methoxy groups -OCH3 is 1. The van der Waals surface area contributed by atoms with Crippen molar-refractivity contribution in [3.63, 3.8) is 0 Å². The molecule has 0 fully saturated rings. The molecule has 29 heavy (non-hydrogen) atoms. The van der Waals surface area contributed by atoms with Crippen molar-refractivity contribution in [2.45, 2.75) is 20.4 Å². The van der Waals surface area contributed by atoms with E-state index in [2.05, 4.69) is 47.7 Å². The summed E-state index contributed by atoms with van der Waals surface area (Å²) in [5.41, 5.74) is 5.25. The van der Waals surface area contributed by atoms with E-state index in [-0.39, 0.29) is 5.91 Å². The molecule has 0 bridgehead atoms. The highest BCUT2D eigenvalue weighted by molar-refractivity contribution is 7.13. The van der Waals surface area contributed by atoms with Crippen LogP contribution < -0.4 is 20.3 Å². The summed E-state index contributed by atoms with van der Waals surface area (Å²) >= 11 is 1.57. The van der Waals surface area contributed by atoms with E-state index >= 15 is 0 Å². The van der Waals surface area contributed by atoms with Crippen LogP contribution >= 0.6 is 11.3 Å². The van der Waals surface area contributed by atoms with Gasteiger partial charge in [0, 0.05) is 22.8 Å². The number of ether oxygens (including phenoxy) is 1. The van der Waals surface area contributed by atoms with Crippen molar-refractivity contribution in [1.29, 1.82) is 0 Å². The first-order valence-electron chi connectivity index (χ1n) is 9.47. The summed E-state index contributed by atoms with van der Waals surface area (Å²) in [4.78, 5) is 18.0. The van der Waals surface area contributed by atoms with Gasteiger partial charge in [-0.15, -0.1) is 11.3 Å². The van der Waals surface area contributed by atoms with Crippen molar-refractivity contribution < 1.29 is 14.4 Å². The van der Waals surface area contributed by atoms with Gasteiger partial charge in [0.25, 0.3) is 5.91 Å². The van der Waals surface area contributed by atoms with Crippen molar-refractivity contribution in [3.8, 4) is 5.75 Å². The Morgan fingerprint density at radius 3 is 2.72 bits per heavy atom. The quantitative estimate of drug-likeness (QED) is 0.533. The molecular formula is C22H27N4O2S+. The highest BCUT2D eigenvalue weighted by atomic mass is 32.1. The second kappa shape index (κ2) is 9.54. The van der Waals surface area contributed by atoms with Crippen molar-refractivity contribution >= 4 is 33.8 Å². The Morgan fingerprint density at radius 1 is 1.14 bits per heavy atom. The molecule has 1 unspecified atom stereocenters. The predicted molar refractivity (Wildman–Crippen MR) is 118 cm³/mol. The van der Waals surface area contributed by atoms with Gasteiger partial charge in [-0.05, 0) is 49.2 Å². The van der Waals surface area contributed by atoms with E-state index in [1.807, 2.05) is 30.6 Å². The molecule has 3 N–H and O–H groups in total. The maximum atomic E-state index is 12.3. The van der Waals surface area contributed by atoms with Crippen LogP contribution in [0.15, 0.2) is 47.8 Å². The van der Waals surface area contributed by atoms with Gasteiger partial charge in [-0.1, -0.05) is 12.1 Å². The zero-order valence-electron chi connectivity index (χ0n) is 17.2. The van der Waals surface area contributed by atoms with E-state index in [9.17, 15) is 4.79 Å². The van der Waals surface area contributed by atoms with Gasteiger partial charge in [0.2, 0.25) is 0 Å². The number of amides is 1. The van der Waals surface area contributed by atoms with Crippen LogP contribution in [0.3, 0.4) is 0 Å². The lowest BCUT2D eigenvalue weighted by Gasteiger charge is -2.13. The summed E-state index contributed by atoms with van der Waals surface area (Å²) in [6, 6.07) is 13.6. The lowest BCUT2D eigenvalue weighted by atomic mass is 10.1. The molecule has 1 heterocycles. The summed E-state index contributed by atoms with van der Waals surface area (Å²) in [6.45, 7) is 5.23. The van der Waals surface area contributed by atoms with Crippen LogP contribution in [-0.2, 0) is 11.3 Å². The van der Waals surface area contributed by atoms with Crippen LogP contribution in [0, 0.1) is 13.8 Å². The number of nitrogens with zero attached hydrogens (tertiary/aromatic N) is 1. The predicted octanol–water partition coefficient (Wildman–Crippen LogP) is 3.17. The standard InChI is InChI=1S/C22H26N4O2S/c1-15-8-9-18(10-16(15)2)24-22-25-19(14-29-22)12-26(3)13-21(27)23-17-6-5-7-20(11-17)28-4/h5-11,14H,12-13H2,1-4H3,(H,23,27)(H,24,25)/p+1. The van der Waals surface area contributed by atoms with E-state index in [1.165, 1.54) is 11.1 Å². The molecule has 0 radical (unpaired) electrons. The molecule has 0 saturated heterocycles. The van der Waals surface area contributed by atoms with Crippen LogP contribution in [-0.4, -0.2) is 31.6 Å². The van der Waals surface area contributed by atoms with Crippen molar-refractivity contribution in [1.82, 2.24) is 4.98 Å².